The van der Waals surface area contributed by atoms with Crippen LogP contribution in [0.3, 0.4) is 0 Å². The fourth-order valence-corrected chi connectivity index (χ4v) is 1.39. The first kappa shape index (κ1) is 8.26. The van der Waals surface area contributed by atoms with E-state index in [0.29, 0.717) is 15.9 Å². The predicted octanol–water partition coefficient (Wildman–Crippen LogP) is 2.61. The maximum absolute atomic E-state index is 13.2. The molecule has 0 amide bonds. The number of aromatic nitrogens is 1. The minimum atomic E-state index is -0.398. The van der Waals surface area contributed by atoms with Gasteiger partial charge in [-0.3, -0.25) is 4.98 Å². The molecule has 2 aromatic rings. The van der Waals surface area contributed by atoms with Gasteiger partial charge in [-0.1, -0.05) is 11.6 Å². The van der Waals surface area contributed by atoms with Gasteiger partial charge in [0, 0.05) is 11.6 Å². The Labute approximate surface area is 79.1 Å². The molecule has 0 unspecified atom stereocenters. The second-order valence-corrected chi connectivity index (χ2v) is 3.04. The third-order valence-corrected chi connectivity index (χ3v) is 2.21. The molecular weight excluding hydrogens is 191 g/mol. The van der Waals surface area contributed by atoms with Gasteiger partial charge in [0.1, 0.15) is 5.82 Å². The number of nitrogens with two attached hydrogens (primary N) is 1. The smallest absolute Gasteiger partial charge is 0.134 e. The van der Waals surface area contributed by atoms with Crippen molar-refractivity contribution in [3.05, 3.63) is 35.2 Å². The van der Waals surface area contributed by atoms with Crippen LogP contribution in [-0.4, -0.2) is 4.98 Å². The summed E-state index contributed by atoms with van der Waals surface area (Å²) in [5, 5.41) is 0.693. The van der Waals surface area contributed by atoms with E-state index >= 15 is 0 Å². The Hall–Kier alpha value is -1.35. The minimum absolute atomic E-state index is 0.213. The Kier molecular flexibility index (Phi) is 1.81. The molecule has 13 heavy (non-hydrogen) atoms. The first-order chi connectivity index (χ1) is 6.20. The van der Waals surface area contributed by atoms with E-state index in [9.17, 15) is 4.39 Å². The third kappa shape index (κ3) is 1.21. The second-order valence-electron chi connectivity index (χ2n) is 2.66. The van der Waals surface area contributed by atoms with Crippen LogP contribution in [0.2, 0.25) is 5.02 Å². The number of benzene rings is 1. The van der Waals surface area contributed by atoms with Gasteiger partial charge in [-0.15, -0.1) is 0 Å². The Morgan fingerprint density at radius 2 is 2.23 bits per heavy atom. The summed E-state index contributed by atoms with van der Waals surface area (Å²) in [6.45, 7) is 0. The molecule has 0 aliphatic carbocycles. The standard InChI is InChI=1S/C9H6ClFN2/c10-8-7(12)4-6(11)5-2-1-3-13-9(5)8/h1-4H,12H2. The highest BCUT2D eigenvalue weighted by Gasteiger charge is 2.08. The van der Waals surface area contributed by atoms with Crippen molar-refractivity contribution >= 4 is 28.2 Å². The molecule has 0 fully saturated rings. The van der Waals surface area contributed by atoms with Crippen molar-refractivity contribution in [3.8, 4) is 0 Å². The average Bonchev–Trinajstić information content (AvgIpc) is 2.15. The lowest BCUT2D eigenvalue weighted by Crippen LogP contribution is -1.91. The summed E-state index contributed by atoms with van der Waals surface area (Å²) < 4.78 is 13.2. The van der Waals surface area contributed by atoms with Crippen LogP contribution in [0, 0.1) is 5.82 Å². The first-order valence-corrected chi connectivity index (χ1v) is 4.06. The number of hydrogen-bond acceptors (Lipinski definition) is 2. The number of pyridine rings is 1. The molecule has 0 saturated carbocycles. The number of halogens is 2. The molecule has 1 aromatic heterocycles. The van der Waals surface area contributed by atoms with Gasteiger partial charge >= 0.3 is 0 Å². The number of rotatable bonds is 0. The molecule has 0 spiro atoms. The number of nitrogens with zero attached hydrogens (tertiary/aromatic N) is 1. The van der Waals surface area contributed by atoms with E-state index in [-0.39, 0.29) is 5.69 Å². The summed E-state index contributed by atoms with van der Waals surface area (Å²) in [5.41, 5.74) is 6.09. The van der Waals surface area contributed by atoms with Crippen molar-refractivity contribution in [2.24, 2.45) is 0 Å². The van der Waals surface area contributed by atoms with Crippen molar-refractivity contribution in [2.75, 3.05) is 5.73 Å². The molecule has 4 heteroatoms. The molecule has 0 saturated heterocycles. The number of hydrogen-bond donors (Lipinski definition) is 1. The SMILES string of the molecule is Nc1cc(F)c2cccnc2c1Cl. The van der Waals surface area contributed by atoms with E-state index in [2.05, 4.69) is 4.98 Å². The van der Waals surface area contributed by atoms with Crippen molar-refractivity contribution in [1.29, 1.82) is 0 Å². The molecule has 1 heterocycles. The highest BCUT2D eigenvalue weighted by atomic mass is 35.5. The number of anilines is 1. The topological polar surface area (TPSA) is 38.9 Å². The fraction of sp³-hybridized carbons (Fsp3) is 0. The molecule has 2 N–H and O–H groups in total. The molecule has 2 nitrogen and oxygen atoms in total. The van der Waals surface area contributed by atoms with Crippen molar-refractivity contribution in [2.45, 2.75) is 0 Å². The lowest BCUT2D eigenvalue weighted by molar-refractivity contribution is 0.640. The van der Waals surface area contributed by atoms with E-state index in [1.54, 1.807) is 18.3 Å². The average molecular weight is 197 g/mol. The zero-order valence-corrected chi connectivity index (χ0v) is 7.35. The van der Waals surface area contributed by atoms with Gasteiger partial charge in [-0.25, -0.2) is 4.39 Å². The molecule has 0 radical (unpaired) electrons. The predicted molar refractivity (Wildman–Crippen MR) is 51.1 cm³/mol. The summed E-state index contributed by atoms with van der Waals surface area (Å²) in [7, 11) is 0. The van der Waals surface area contributed by atoms with Crippen molar-refractivity contribution in [1.82, 2.24) is 4.98 Å². The van der Waals surface area contributed by atoms with E-state index < -0.39 is 5.82 Å². The van der Waals surface area contributed by atoms with Crippen LogP contribution in [0.4, 0.5) is 10.1 Å². The lowest BCUT2D eigenvalue weighted by Gasteiger charge is -2.03. The third-order valence-electron chi connectivity index (χ3n) is 1.81. The Balaban J connectivity index is 2.97. The van der Waals surface area contributed by atoms with E-state index in [0.717, 1.165) is 0 Å². The Bertz CT molecular complexity index is 470. The second kappa shape index (κ2) is 2.85. The quantitative estimate of drug-likeness (QED) is 0.658. The monoisotopic (exact) mass is 196 g/mol. The first-order valence-electron chi connectivity index (χ1n) is 3.68. The summed E-state index contributed by atoms with van der Waals surface area (Å²) in [6, 6.07) is 4.47. The summed E-state index contributed by atoms with van der Waals surface area (Å²) >= 11 is 5.84. The van der Waals surface area contributed by atoms with E-state index in [4.69, 9.17) is 17.3 Å². The van der Waals surface area contributed by atoms with Crippen LogP contribution in [0.15, 0.2) is 24.4 Å². The molecule has 0 aliphatic heterocycles. The van der Waals surface area contributed by atoms with Crippen LogP contribution in [-0.2, 0) is 0 Å². The molecule has 0 atom stereocenters. The van der Waals surface area contributed by atoms with Gasteiger partial charge in [0.05, 0.1) is 16.2 Å². The van der Waals surface area contributed by atoms with Crippen LogP contribution in [0.1, 0.15) is 0 Å². The molecule has 0 bridgehead atoms. The maximum atomic E-state index is 13.2. The zero-order valence-electron chi connectivity index (χ0n) is 6.59. The van der Waals surface area contributed by atoms with E-state index in [1.807, 2.05) is 0 Å². The summed E-state index contributed by atoms with van der Waals surface area (Å²) in [4.78, 5) is 3.95. The summed E-state index contributed by atoms with van der Waals surface area (Å²) in [6.07, 6.45) is 1.55. The van der Waals surface area contributed by atoms with Crippen molar-refractivity contribution < 1.29 is 4.39 Å². The molecular formula is C9H6ClFN2. The Morgan fingerprint density at radius 1 is 1.46 bits per heavy atom. The van der Waals surface area contributed by atoms with Gasteiger partial charge in [0.25, 0.3) is 0 Å². The van der Waals surface area contributed by atoms with Gasteiger partial charge in [-0.2, -0.15) is 0 Å². The highest BCUT2D eigenvalue weighted by Crippen LogP contribution is 2.29. The molecule has 2 rings (SSSR count). The summed E-state index contributed by atoms with van der Waals surface area (Å²) in [5.74, 6) is -0.398. The molecule has 1 aromatic carbocycles. The number of fused-ring (bicyclic) bond motifs is 1. The van der Waals surface area contributed by atoms with E-state index in [1.165, 1.54) is 6.07 Å². The zero-order chi connectivity index (χ0) is 9.42. The van der Waals surface area contributed by atoms with Crippen LogP contribution >= 0.6 is 11.6 Å². The largest absolute Gasteiger partial charge is 0.397 e. The van der Waals surface area contributed by atoms with Gasteiger partial charge in [0.15, 0.2) is 0 Å². The fourth-order valence-electron chi connectivity index (χ4n) is 1.19. The van der Waals surface area contributed by atoms with Crippen LogP contribution in [0.25, 0.3) is 10.9 Å². The highest BCUT2D eigenvalue weighted by molar-refractivity contribution is 6.37. The molecule has 0 aliphatic rings. The lowest BCUT2D eigenvalue weighted by atomic mass is 10.2. The molecule has 66 valence electrons. The maximum Gasteiger partial charge on any atom is 0.134 e. The Morgan fingerprint density at radius 3 is 3.00 bits per heavy atom. The van der Waals surface area contributed by atoms with Crippen molar-refractivity contribution in [3.63, 3.8) is 0 Å². The van der Waals surface area contributed by atoms with Gasteiger partial charge in [0.2, 0.25) is 0 Å². The number of nitrogen functional groups attached to an aromatic ring is 1. The van der Waals surface area contributed by atoms with Crippen LogP contribution in [0.5, 0.6) is 0 Å². The van der Waals surface area contributed by atoms with Gasteiger partial charge < -0.3 is 5.73 Å². The van der Waals surface area contributed by atoms with Gasteiger partial charge in [-0.05, 0) is 18.2 Å². The minimum Gasteiger partial charge on any atom is -0.397 e. The van der Waals surface area contributed by atoms with Crippen LogP contribution < -0.4 is 5.73 Å². The normalized spacial score (nSPS) is 10.6.